The Morgan fingerprint density at radius 1 is 1.50 bits per heavy atom. The molecule has 1 aliphatic rings. The molecular formula is C11H13FN2O2. The molecule has 1 aliphatic heterocycles. The molecule has 1 saturated heterocycles. The van der Waals surface area contributed by atoms with Gasteiger partial charge in [0.1, 0.15) is 12.4 Å². The molecule has 0 radical (unpaired) electrons. The Morgan fingerprint density at radius 2 is 2.25 bits per heavy atom. The van der Waals surface area contributed by atoms with Crippen LogP contribution in [-0.4, -0.2) is 31.7 Å². The summed E-state index contributed by atoms with van der Waals surface area (Å²) in [7, 11) is 0. The van der Waals surface area contributed by atoms with Crippen molar-refractivity contribution in [1.29, 1.82) is 0 Å². The average Bonchev–Trinajstić information content (AvgIpc) is 2.31. The molecule has 1 amide bonds. The van der Waals surface area contributed by atoms with Gasteiger partial charge in [-0.1, -0.05) is 12.1 Å². The molecule has 1 heterocycles. The predicted molar refractivity (Wildman–Crippen MR) is 57.5 cm³/mol. The highest BCUT2D eigenvalue weighted by atomic mass is 19.1. The van der Waals surface area contributed by atoms with Gasteiger partial charge in [0.2, 0.25) is 0 Å². The molecule has 0 aromatic heterocycles. The minimum absolute atomic E-state index is 0.0454. The van der Waals surface area contributed by atoms with Crippen molar-refractivity contribution in [2.24, 2.45) is 5.73 Å². The van der Waals surface area contributed by atoms with Crippen molar-refractivity contribution in [3.63, 3.8) is 0 Å². The number of nitrogens with zero attached hydrogens (tertiary/aromatic N) is 1. The molecule has 16 heavy (non-hydrogen) atoms. The molecule has 1 atom stereocenters. The number of amides is 1. The molecule has 4 nitrogen and oxygen atoms in total. The van der Waals surface area contributed by atoms with Gasteiger partial charge in [0.25, 0.3) is 5.91 Å². The van der Waals surface area contributed by atoms with Crippen molar-refractivity contribution in [2.75, 3.05) is 24.6 Å². The molecule has 0 aliphatic carbocycles. The third kappa shape index (κ3) is 2.05. The fourth-order valence-corrected chi connectivity index (χ4v) is 1.67. The van der Waals surface area contributed by atoms with E-state index in [1.54, 1.807) is 18.2 Å². The number of nitrogens with two attached hydrogens (primary N) is 1. The van der Waals surface area contributed by atoms with Gasteiger partial charge >= 0.3 is 0 Å². The zero-order chi connectivity index (χ0) is 11.5. The van der Waals surface area contributed by atoms with Gasteiger partial charge in [0.15, 0.2) is 0 Å². The molecule has 0 spiro atoms. The Balaban J connectivity index is 2.25. The van der Waals surface area contributed by atoms with E-state index in [4.69, 9.17) is 10.5 Å². The second kappa shape index (κ2) is 4.59. The van der Waals surface area contributed by atoms with Crippen LogP contribution in [0.5, 0.6) is 0 Å². The fourth-order valence-electron chi connectivity index (χ4n) is 1.67. The van der Waals surface area contributed by atoms with Gasteiger partial charge in [-0.15, -0.1) is 0 Å². The van der Waals surface area contributed by atoms with Crippen molar-refractivity contribution in [1.82, 2.24) is 0 Å². The Kier molecular flexibility index (Phi) is 3.17. The first kappa shape index (κ1) is 11.0. The highest BCUT2D eigenvalue weighted by molar-refractivity contribution is 5.95. The number of anilines is 1. The molecule has 0 saturated carbocycles. The van der Waals surface area contributed by atoms with Crippen LogP contribution in [0.3, 0.4) is 0 Å². The summed E-state index contributed by atoms with van der Waals surface area (Å²) in [5.74, 6) is -0.650. The number of hydrogen-bond acceptors (Lipinski definition) is 3. The lowest BCUT2D eigenvalue weighted by molar-refractivity contribution is -0.129. The van der Waals surface area contributed by atoms with Crippen LogP contribution in [0.4, 0.5) is 10.1 Å². The normalized spacial score (nSPS) is 21.2. The number of hydrogen-bond donors (Lipinski definition) is 1. The van der Waals surface area contributed by atoms with Crippen LogP contribution in [0.2, 0.25) is 0 Å². The van der Waals surface area contributed by atoms with Crippen LogP contribution in [0.25, 0.3) is 0 Å². The van der Waals surface area contributed by atoms with Gasteiger partial charge in [-0.2, -0.15) is 0 Å². The lowest BCUT2D eigenvalue weighted by atomic mass is 10.2. The fraction of sp³-hybridized carbons (Fsp3) is 0.364. The Morgan fingerprint density at radius 3 is 2.94 bits per heavy atom. The summed E-state index contributed by atoms with van der Waals surface area (Å²) in [5.41, 5.74) is 5.76. The van der Waals surface area contributed by atoms with Crippen molar-refractivity contribution in [2.45, 2.75) is 6.10 Å². The van der Waals surface area contributed by atoms with E-state index < -0.39 is 5.82 Å². The summed E-state index contributed by atoms with van der Waals surface area (Å²) in [6.07, 6.45) is -0.225. The summed E-state index contributed by atoms with van der Waals surface area (Å²) >= 11 is 0. The average molecular weight is 224 g/mol. The second-order valence-corrected chi connectivity index (χ2v) is 3.62. The number of rotatable bonds is 2. The monoisotopic (exact) mass is 224 g/mol. The Labute approximate surface area is 92.8 Å². The molecule has 0 bridgehead atoms. The Hall–Kier alpha value is -1.46. The SMILES string of the molecule is NCC1CN(c2ccccc2F)C(=O)CO1. The molecule has 5 heteroatoms. The summed E-state index contributed by atoms with van der Waals surface area (Å²) in [4.78, 5) is 13.0. The molecule has 1 aromatic carbocycles. The summed E-state index contributed by atoms with van der Waals surface area (Å²) < 4.78 is 18.7. The van der Waals surface area contributed by atoms with Crippen LogP contribution in [0, 0.1) is 5.82 Å². The molecular weight excluding hydrogens is 211 g/mol. The molecule has 2 rings (SSSR count). The summed E-state index contributed by atoms with van der Waals surface area (Å²) in [5, 5.41) is 0. The lowest BCUT2D eigenvalue weighted by Gasteiger charge is -2.32. The standard InChI is InChI=1S/C11H13FN2O2/c12-9-3-1-2-4-10(9)14-6-8(5-13)16-7-11(14)15/h1-4,8H,5-7,13H2. The third-order valence-electron chi connectivity index (χ3n) is 2.54. The molecule has 1 aromatic rings. The van der Waals surface area contributed by atoms with Crippen LogP contribution >= 0.6 is 0 Å². The highest BCUT2D eigenvalue weighted by Gasteiger charge is 2.27. The quantitative estimate of drug-likeness (QED) is 0.796. The maximum Gasteiger partial charge on any atom is 0.253 e. The largest absolute Gasteiger partial charge is 0.365 e. The minimum atomic E-state index is -0.409. The van der Waals surface area contributed by atoms with Crippen molar-refractivity contribution < 1.29 is 13.9 Å². The number of para-hydroxylation sites is 1. The molecule has 2 N–H and O–H groups in total. The van der Waals surface area contributed by atoms with E-state index in [1.807, 2.05) is 0 Å². The van der Waals surface area contributed by atoms with Crippen molar-refractivity contribution in [3.05, 3.63) is 30.1 Å². The third-order valence-corrected chi connectivity index (χ3v) is 2.54. The van der Waals surface area contributed by atoms with Gasteiger partial charge < -0.3 is 15.4 Å². The van der Waals surface area contributed by atoms with Crippen LogP contribution in [0.1, 0.15) is 0 Å². The van der Waals surface area contributed by atoms with Crippen LogP contribution in [0.15, 0.2) is 24.3 Å². The molecule has 1 unspecified atom stereocenters. The smallest absolute Gasteiger partial charge is 0.253 e. The van der Waals surface area contributed by atoms with E-state index in [-0.39, 0.29) is 24.3 Å². The maximum atomic E-state index is 13.5. The number of carbonyl (C=O) groups excluding carboxylic acids is 1. The van der Waals surface area contributed by atoms with Gasteiger partial charge in [0, 0.05) is 6.54 Å². The van der Waals surface area contributed by atoms with Crippen LogP contribution < -0.4 is 10.6 Å². The van der Waals surface area contributed by atoms with E-state index >= 15 is 0 Å². The van der Waals surface area contributed by atoms with Gasteiger partial charge in [-0.3, -0.25) is 4.79 Å². The van der Waals surface area contributed by atoms with Crippen molar-refractivity contribution >= 4 is 11.6 Å². The summed E-state index contributed by atoms with van der Waals surface area (Å²) in [6.45, 7) is 0.574. The zero-order valence-corrected chi connectivity index (χ0v) is 8.73. The maximum absolute atomic E-state index is 13.5. The predicted octanol–water partition coefficient (Wildman–Crippen LogP) is 0.516. The first-order valence-corrected chi connectivity index (χ1v) is 5.09. The first-order chi connectivity index (χ1) is 7.72. The molecule has 86 valence electrons. The van der Waals surface area contributed by atoms with E-state index in [9.17, 15) is 9.18 Å². The van der Waals surface area contributed by atoms with E-state index in [2.05, 4.69) is 0 Å². The lowest BCUT2D eigenvalue weighted by Crippen LogP contribution is -2.49. The number of benzene rings is 1. The van der Waals surface area contributed by atoms with Crippen LogP contribution in [-0.2, 0) is 9.53 Å². The minimum Gasteiger partial charge on any atom is -0.365 e. The number of ether oxygens (including phenoxy) is 1. The van der Waals surface area contributed by atoms with E-state index in [1.165, 1.54) is 11.0 Å². The van der Waals surface area contributed by atoms with E-state index in [0.717, 1.165) is 0 Å². The second-order valence-electron chi connectivity index (χ2n) is 3.62. The number of halogens is 1. The Bertz CT molecular complexity index is 397. The highest BCUT2D eigenvalue weighted by Crippen LogP contribution is 2.21. The van der Waals surface area contributed by atoms with Crippen molar-refractivity contribution in [3.8, 4) is 0 Å². The van der Waals surface area contributed by atoms with Gasteiger partial charge in [-0.05, 0) is 12.1 Å². The number of morpholine rings is 1. The van der Waals surface area contributed by atoms with Gasteiger partial charge in [-0.25, -0.2) is 4.39 Å². The summed E-state index contributed by atoms with van der Waals surface area (Å²) in [6, 6.07) is 6.18. The topological polar surface area (TPSA) is 55.6 Å². The zero-order valence-electron chi connectivity index (χ0n) is 8.73. The molecule has 1 fully saturated rings. The van der Waals surface area contributed by atoms with Gasteiger partial charge in [0.05, 0.1) is 18.3 Å². The first-order valence-electron chi connectivity index (χ1n) is 5.09. The van der Waals surface area contributed by atoms with E-state index in [0.29, 0.717) is 13.1 Å². The number of carbonyl (C=O) groups is 1.